The van der Waals surface area contributed by atoms with Crippen molar-refractivity contribution in [1.82, 2.24) is 14.8 Å². The number of rotatable bonds is 8. The number of carbonyl (C=O) groups excluding carboxylic acids is 1. The first-order valence-electron chi connectivity index (χ1n) is 9.27. The van der Waals surface area contributed by atoms with E-state index < -0.39 is 17.6 Å². The quantitative estimate of drug-likeness (QED) is 0.339. The van der Waals surface area contributed by atoms with Gasteiger partial charge in [-0.3, -0.25) is 4.79 Å². The second-order valence-electron chi connectivity index (χ2n) is 6.41. The molecule has 2 aromatic carbocycles. The van der Waals surface area contributed by atoms with Crippen molar-refractivity contribution in [2.75, 3.05) is 11.1 Å². The molecule has 0 atom stereocenters. The van der Waals surface area contributed by atoms with Crippen LogP contribution in [0.5, 0.6) is 5.75 Å². The first-order valence-corrected chi connectivity index (χ1v) is 10.6. The maximum Gasteiger partial charge on any atom is 0.416 e. The number of anilines is 1. The standard InChI is InChI=1S/C20H17ClF4N4O2S/c1-2-29-17(10-31-14-6-4-13(22)5-7-14)27-28-19(29)32-11-18(30)26-16-9-12(20(23,24)25)3-8-15(16)21/h3-9H,2,10-11H2,1H3,(H,26,30). The molecule has 3 aromatic rings. The van der Waals surface area contributed by atoms with Crippen molar-refractivity contribution in [3.63, 3.8) is 0 Å². The Kier molecular flexibility index (Phi) is 7.62. The van der Waals surface area contributed by atoms with Crippen molar-refractivity contribution in [2.45, 2.75) is 31.4 Å². The number of amides is 1. The van der Waals surface area contributed by atoms with Crippen LogP contribution in [0.25, 0.3) is 0 Å². The highest BCUT2D eigenvalue weighted by Gasteiger charge is 2.31. The summed E-state index contributed by atoms with van der Waals surface area (Å²) in [6.45, 7) is 2.44. The number of carbonyl (C=O) groups is 1. The highest BCUT2D eigenvalue weighted by atomic mass is 35.5. The molecule has 0 aliphatic heterocycles. The van der Waals surface area contributed by atoms with Crippen molar-refractivity contribution >= 4 is 35.0 Å². The average molecular weight is 489 g/mol. The molecule has 0 radical (unpaired) electrons. The van der Waals surface area contributed by atoms with Gasteiger partial charge in [0.2, 0.25) is 5.91 Å². The van der Waals surface area contributed by atoms with E-state index in [1.54, 1.807) is 4.57 Å². The van der Waals surface area contributed by atoms with Crippen LogP contribution < -0.4 is 10.1 Å². The normalized spacial score (nSPS) is 11.4. The number of halogens is 5. The molecule has 6 nitrogen and oxygen atoms in total. The Morgan fingerprint density at radius 1 is 1.19 bits per heavy atom. The van der Waals surface area contributed by atoms with Gasteiger partial charge in [-0.1, -0.05) is 23.4 Å². The van der Waals surface area contributed by atoms with Crippen molar-refractivity contribution in [1.29, 1.82) is 0 Å². The number of alkyl halides is 3. The lowest BCUT2D eigenvalue weighted by molar-refractivity contribution is -0.137. The molecule has 0 fully saturated rings. The monoisotopic (exact) mass is 488 g/mol. The van der Waals surface area contributed by atoms with Gasteiger partial charge in [-0.25, -0.2) is 4.39 Å². The Bertz CT molecular complexity index is 1090. The topological polar surface area (TPSA) is 69.0 Å². The third-order valence-corrected chi connectivity index (χ3v) is 5.49. The zero-order chi connectivity index (χ0) is 23.3. The summed E-state index contributed by atoms with van der Waals surface area (Å²) >= 11 is 6.97. The Hall–Kier alpha value is -2.79. The lowest BCUT2D eigenvalue weighted by Gasteiger charge is -2.12. The second-order valence-corrected chi connectivity index (χ2v) is 7.76. The van der Waals surface area contributed by atoms with Gasteiger partial charge in [0.1, 0.15) is 18.2 Å². The zero-order valence-corrected chi connectivity index (χ0v) is 18.2. The van der Waals surface area contributed by atoms with Crippen LogP contribution in [-0.2, 0) is 24.1 Å². The van der Waals surface area contributed by atoms with E-state index in [9.17, 15) is 22.4 Å². The molecular weight excluding hydrogens is 472 g/mol. The third-order valence-electron chi connectivity index (χ3n) is 4.19. The highest BCUT2D eigenvalue weighted by Crippen LogP contribution is 2.34. The number of thioether (sulfide) groups is 1. The predicted octanol–water partition coefficient (Wildman–Crippen LogP) is 5.42. The smallest absolute Gasteiger partial charge is 0.416 e. The first kappa shape index (κ1) is 23.9. The molecule has 1 N–H and O–H groups in total. The molecule has 0 aliphatic rings. The molecule has 0 saturated heterocycles. The van der Waals surface area contributed by atoms with E-state index in [-0.39, 0.29) is 28.9 Å². The van der Waals surface area contributed by atoms with Gasteiger partial charge in [-0.15, -0.1) is 10.2 Å². The fourth-order valence-corrected chi connectivity index (χ4v) is 3.63. The molecular formula is C20H17ClF4N4O2S. The van der Waals surface area contributed by atoms with E-state index in [1.807, 2.05) is 6.92 Å². The van der Waals surface area contributed by atoms with Crippen LogP contribution in [0.4, 0.5) is 23.2 Å². The van der Waals surface area contributed by atoms with Gasteiger partial charge in [0.25, 0.3) is 0 Å². The molecule has 0 aliphatic carbocycles. The van der Waals surface area contributed by atoms with Crippen molar-refractivity contribution < 1.29 is 27.1 Å². The molecule has 0 unspecified atom stereocenters. The fourth-order valence-electron chi connectivity index (χ4n) is 2.64. The van der Waals surface area contributed by atoms with Crippen LogP contribution >= 0.6 is 23.4 Å². The number of aromatic nitrogens is 3. The molecule has 32 heavy (non-hydrogen) atoms. The van der Waals surface area contributed by atoms with E-state index in [0.717, 1.165) is 30.0 Å². The average Bonchev–Trinajstić information content (AvgIpc) is 3.14. The maximum atomic E-state index is 13.0. The van der Waals surface area contributed by atoms with Gasteiger partial charge in [0, 0.05) is 6.54 Å². The van der Waals surface area contributed by atoms with Crippen molar-refractivity contribution in [2.24, 2.45) is 0 Å². The number of ether oxygens (including phenoxy) is 1. The van der Waals surface area contributed by atoms with E-state index in [2.05, 4.69) is 15.5 Å². The van der Waals surface area contributed by atoms with E-state index in [4.69, 9.17) is 16.3 Å². The van der Waals surface area contributed by atoms with Crippen LogP contribution in [0, 0.1) is 5.82 Å². The second kappa shape index (κ2) is 10.2. The van der Waals surface area contributed by atoms with Gasteiger partial charge in [-0.05, 0) is 49.4 Å². The van der Waals surface area contributed by atoms with Crippen LogP contribution in [-0.4, -0.2) is 26.4 Å². The number of nitrogens with one attached hydrogen (secondary N) is 1. The number of nitrogens with zero attached hydrogens (tertiary/aromatic N) is 3. The molecule has 1 amide bonds. The summed E-state index contributed by atoms with van der Waals surface area (Å²) in [6, 6.07) is 8.22. The summed E-state index contributed by atoms with van der Waals surface area (Å²) in [5.41, 5.74) is -1.04. The van der Waals surface area contributed by atoms with Crippen molar-refractivity contribution in [3.8, 4) is 5.75 Å². The van der Waals surface area contributed by atoms with E-state index >= 15 is 0 Å². The number of hydrogen-bond donors (Lipinski definition) is 1. The summed E-state index contributed by atoms with van der Waals surface area (Å²) in [7, 11) is 0. The predicted molar refractivity (Wildman–Crippen MR) is 112 cm³/mol. The molecule has 3 rings (SSSR count). The van der Waals surface area contributed by atoms with Gasteiger partial charge < -0.3 is 14.6 Å². The van der Waals surface area contributed by atoms with Crippen LogP contribution in [0.3, 0.4) is 0 Å². The molecule has 12 heteroatoms. The lowest BCUT2D eigenvalue weighted by Crippen LogP contribution is -2.16. The molecule has 0 bridgehead atoms. The van der Waals surface area contributed by atoms with Crippen LogP contribution in [0.1, 0.15) is 18.3 Å². The summed E-state index contributed by atoms with van der Waals surface area (Å²) in [6.07, 6.45) is -4.55. The Labute approximate surface area is 189 Å². The Morgan fingerprint density at radius 2 is 1.91 bits per heavy atom. The summed E-state index contributed by atoms with van der Waals surface area (Å²) in [4.78, 5) is 12.3. The van der Waals surface area contributed by atoms with Gasteiger partial charge >= 0.3 is 6.18 Å². The van der Waals surface area contributed by atoms with Gasteiger partial charge in [0.05, 0.1) is 22.0 Å². The van der Waals surface area contributed by atoms with Gasteiger partial charge in [-0.2, -0.15) is 13.2 Å². The molecule has 1 aromatic heterocycles. The number of hydrogen-bond acceptors (Lipinski definition) is 5. The summed E-state index contributed by atoms with van der Waals surface area (Å²) in [5, 5.41) is 10.9. The fraction of sp³-hybridized carbons (Fsp3) is 0.250. The van der Waals surface area contributed by atoms with Gasteiger partial charge in [0.15, 0.2) is 11.0 Å². The minimum atomic E-state index is -4.55. The van der Waals surface area contributed by atoms with Crippen LogP contribution in [0.2, 0.25) is 5.02 Å². The summed E-state index contributed by atoms with van der Waals surface area (Å²) < 4.78 is 58.9. The van der Waals surface area contributed by atoms with E-state index in [1.165, 1.54) is 24.3 Å². The SMILES string of the molecule is CCn1c(COc2ccc(F)cc2)nnc1SCC(=O)Nc1cc(C(F)(F)F)ccc1Cl. The summed E-state index contributed by atoms with van der Waals surface area (Å²) in [5.74, 6) is -0.0866. The maximum absolute atomic E-state index is 13.0. The Morgan fingerprint density at radius 3 is 2.56 bits per heavy atom. The third kappa shape index (κ3) is 6.13. The minimum absolute atomic E-state index is 0.00620. The molecule has 170 valence electrons. The lowest BCUT2D eigenvalue weighted by atomic mass is 10.2. The Balaban J connectivity index is 1.61. The zero-order valence-electron chi connectivity index (χ0n) is 16.6. The highest BCUT2D eigenvalue weighted by molar-refractivity contribution is 7.99. The molecule has 0 spiro atoms. The molecule has 0 saturated carbocycles. The first-order chi connectivity index (χ1) is 15.2. The largest absolute Gasteiger partial charge is 0.486 e. The molecule has 1 heterocycles. The minimum Gasteiger partial charge on any atom is -0.486 e. The van der Waals surface area contributed by atoms with Crippen LogP contribution in [0.15, 0.2) is 47.6 Å². The van der Waals surface area contributed by atoms with Crippen molar-refractivity contribution in [3.05, 3.63) is 64.7 Å². The number of benzene rings is 2. The van der Waals surface area contributed by atoms with E-state index in [0.29, 0.717) is 23.3 Å².